The van der Waals surface area contributed by atoms with Crippen molar-refractivity contribution in [2.45, 2.75) is 82.3 Å². The average molecular weight is 411 g/mol. The average Bonchev–Trinajstić information content (AvgIpc) is 2.70. The number of carbonyl (C=O) groups excluding carboxylic acids is 1. The van der Waals surface area contributed by atoms with E-state index in [2.05, 4.69) is 0 Å². The van der Waals surface area contributed by atoms with Gasteiger partial charge in [-0.1, -0.05) is 43.2 Å². The van der Waals surface area contributed by atoms with Crippen molar-refractivity contribution in [3.63, 3.8) is 0 Å². The van der Waals surface area contributed by atoms with Crippen molar-refractivity contribution in [1.82, 2.24) is 4.90 Å². The third kappa shape index (κ3) is 7.07. The molecule has 1 aromatic carbocycles. The first-order valence-corrected chi connectivity index (χ1v) is 10.4. The van der Waals surface area contributed by atoms with E-state index in [9.17, 15) is 23.5 Å². The Hall–Kier alpha value is -2.02. The summed E-state index contributed by atoms with van der Waals surface area (Å²) in [6, 6.07) is 7.19. The number of piperidine rings is 1. The van der Waals surface area contributed by atoms with Gasteiger partial charge >= 0.3 is 5.97 Å². The number of aliphatic carboxylic acids is 1. The summed E-state index contributed by atoms with van der Waals surface area (Å²) in [6.45, 7) is 0.557. The van der Waals surface area contributed by atoms with E-state index >= 15 is 0 Å². The number of likely N-dealkylation sites (tertiary alicyclic amines) is 1. The fourth-order valence-corrected chi connectivity index (χ4v) is 3.90. The Kier molecular flexibility index (Phi) is 9.01. The first-order chi connectivity index (χ1) is 13.8. The molecular formula is C22H31F2NO4. The lowest BCUT2D eigenvalue weighted by molar-refractivity contribution is -0.138. The van der Waals surface area contributed by atoms with Crippen LogP contribution in [0.25, 0.3) is 0 Å². The lowest BCUT2D eigenvalue weighted by Crippen LogP contribution is -2.45. The van der Waals surface area contributed by atoms with Crippen LogP contribution in [0, 0.1) is 0 Å². The molecule has 1 aliphatic rings. The van der Waals surface area contributed by atoms with Crippen molar-refractivity contribution < 1.29 is 28.6 Å². The van der Waals surface area contributed by atoms with E-state index in [1.807, 2.05) is 0 Å². The molecule has 2 rings (SSSR count). The van der Waals surface area contributed by atoms with Crippen LogP contribution in [0.3, 0.4) is 0 Å². The third-order valence-corrected chi connectivity index (χ3v) is 5.58. The lowest BCUT2D eigenvalue weighted by Gasteiger charge is -2.36. The van der Waals surface area contributed by atoms with Gasteiger partial charge in [0.25, 0.3) is 5.92 Å². The van der Waals surface area contributed by atoms with Crippen molar-refractivity contribution in [2.75, 3.05) is 6.54 Å². The molecule has 0 unspecified atom stereocenters. The van der Waals surface area contributed by atoms with Gasteiger partial charge in [0.2, 0.25) is 5.91 Å². The van der Waals surface area contributed by atoms with Gasteiger partial charge in [-0.3, -0.25) is 9.59 Å². The maximum atomic E-state index is 14.5. The highest BCUT2D eigenvalue weighted by molar-refractivity contribution is 5.77. The highest BCUT2D eigenvalue weighted by Gasteiger charge is 2.40. The number of rotatable bonds is 12. The van der Waals surface area contributed by atoms with Crippen LogP contribution < -0.4 is 0 Å². The van der Waals surface area contributed by atoms with E-state index in [1.54, 1.807) is 11.0 Å². The summed E-state index contributed by atoms with van der Waals surface area (Å²) in [5.74, 6) is -4.09. The number of halogens is 2. The van der Waals surface area contributed by atoms with Crippen LogP contribution in [0.4, 0.5) is 8.78 Å². The minimum Gasteiger partial charge on any atom is -0.481 e. The second kappa shape index (κ2) is 11.2. The standard InChI is InChI=1S/C22H31F2NO4/c23-22(24,17-9-4-3-5-10-17)19(26)15-14-18-11-8-12-20(27)25(18)16-7-2-1-6-13-21(28)29/h3-5,9-10,18-19,26H,1-2,6-8,11-16H2,(H,28,29)/t18-,19-/m1/s1. The van der Waals surface area contributed by atoms with E-state index in [1.165, 1.54) is 24.3 Å². The highest BCUT2D eigenvalue weighted by atomic mass is 19.3. The Morgan fingerprint density at radius 2 is 1.86 bits per heavy atom. The lowest BCUT2D eigenvalue weighted by atomic mass is 9.92. The normalized spacial score (nSPS) is 18.7. The highest BCUT2D eigenvalue weighted by Crippen LogP contribution is 2.35. The van der Waals surface area contributed by atoms with Crippen molar-refractivity contribution in [3.05, 3.63) is 35.9 Å². The van der Waals surface area contributed by atoms with E-state index in [-0.39, 0.29) is 30.4 Å². The van der Waals surface area contributed by atoms with E-state index in [4.69, 9.17) is 5.11 Å². The Labute approximate surface area is 170 Å². The van der Waals surface area contributed by atoms with Gasteiger partial charge in [-0.2, -0.15) is 8.78 Å². The zero-order valence-corrected chi connectivity index (χ0v) is 16.7. The summed E-state index contributed by atoms with van der Waals surface area (Å²) >= 11 is 0. The molecule has 0 aromatic heterocycles. The molecule has 0 radical (unpaired) electrons. The topological polar surface area (TPSA) is 77.8 Å². The summed E-state index contributed by atoms with van der Waals surface area (Å²) in [5.41, 5.74) is -0.203. The van der Waals surface area contributed by atoms with E-state index in [0.29, 0.717) is 25.8 Å². The van der Waals surface area contributed by atoms with Crippen LogP contribution in [0.1, 0.15) is 69.8 Å². The smallest absolute Gasteiger partial charge is 0.303 e. The number of aliphatic hydroxyl groups excluding tert-OH is 1. The molecule has 29 heavy (non-hydrogen) atoms. The molecule has 1 heterocycles. The minimum absolute atomic E-state index is 0.0381. The molecule has 1 aromatic rings. The summed E-state index contributed by atoms with van der Waals surface area (Å²) in [5, 5.41) is 18.8. The number of carboxylic acid groups (broad SMARTS) is 1. The third-order valence-electron chi connectivity index (χ3n) is 5.58. The second-order valence-corrected chi connectivity index (χ2v) is 7.77. The molecule has 5 nitrogen and oxygen atoms in total. The molecule has 0 bridgehead atoms. The Balaban J connectivity index is 1.83. The predicted octanol–water partition coefficient (Wildman–Crippen LogP) is 4.34. The number of amides is 1. The van der Waals surface area contributed by atoms with Crippen LogP contribution in [-0.4, -0.2) is 45.7 Å². The molecule has 2 N–H and O–H groups in total. The Morgan fingerprint density at radius 1 is 1.17 bits per heavy atom. The Morgan fingerprint density at radius 3 is 2.55 bits per heavy atom. The molecule has 1 amide bonds. The van der Waals surface area contributed by atoms with E-state index in [0.717, 1.165) is 32.1 Å². The van der Waals surface area contributed by atoms with Gasteiger partial charge < -0.3 is 15.1 Å². The van der Waals surface area contributed by atoms with Gasteiger partial charge in [0.15, 0.2) is 0 Å². The molecular weight excluding hydrogens is 380 g/mol. The summed E-state index contributed by atoms with van der Waals surface area (Å²) in [6.07, 6.45) is 3.61. The van der Waals surface area contributed by atoms with E-state index < -0.39 is 18.0 Å². The molecule has 1 aliphatic heterocycles. The van der Waals surface area contributed by atoms with Crippen LogP contribution in [0.5, 0.6) is 0 Å². The number of unbranched alkanes of at least 4 members (excludes halogenated alkanes) is 3. The summed E-state index contributed by atoms with van der Waals surface area (Å²) in [4.78, 5) is 24.6. The number of aliphatic hydroxyl groups is 1. The van der Waals surface area contributed by atoms with Gasteiger partial charge in [0.05, 0.1) is 0 Å². The first-order valence-electron chi connectivity index (χ1n) is 10.4. The van der Waals surface area contributed by atoms with Crippen LogP contribution >= 0.6 is 0 Å². The van der Waals surface area contributed by atoms with Gasteiger partial charge in [0.1, 0.15) is 6.10 Å². The fourth-order valence-electron chi connectivity index (χ4n) is 3.90. The maximum Gasteiger partial charge on any atom is 0.303 e. The molecule has 1 saturated heterocycles. The minimum atomic E-state index is -3.32. The van der Waals surface area contributed by atoms with Crippen molar-refractivity contribution in [2.24, 2.45) is 0 Å². The van der Waals surface area contributed by atoms with Gasteiger partial charge in [-0.05, 0) is 38.5 Å². The van der Waals surface area contributed by atoms with Gasteiger partial charge in [-0.15, -0.1) is 0 Å². The van der Waals surface area contributed by atoms with Crippen molar-refractivity contribution in [1.29, 1.82) is 0 Å². The van der Waals surface area contributed by atoms with Crippen LogP contribution in [0.15, 0.2) is 30.3 Å². The number of carboxylic acids is 1. The number of benzene rings is 1. The number of alkyl halides is 2. The van der Waals surface area contributed by atoms with Gasteiger partial charge in [0, 0.05) is 31.0 Å². The second-order valence-electron chi connectivity index (χ2n) is 7.77. The first kappa shape index (κ1) is 23.3. The number of nitrogens with zero attached hydrogens (tertiary/aromatic N) is 1. The number of hydrogen-bond donors (Lipinski definition) is 2. The Bertz CT molecular complexity index is 653. The SMILES string of the molecule is O=C(O)CCCCCCN1C(=O)CCC[C@@H]1CC[C@@H](O)C(F)(F)c1ccccc1. The maximum absolute atomic E-state index is 14.5. The molecule has 2 atom stereocenters. The zero-order valence-electron chi connectivity index (χ0n) is 16.7. The van der Waals surface area contributed by atoms with Crippen LogP contribution in [-0.2, 0) is 15.5 Å². The molecule has 162 valence electrons. The molecule has 7 heteroatoms. The van der Waals surface area contributed by atoms with Crippen molar-refractivity contribution >= 4 is 11.9 Å². The molecule has 0 aliphatic carbocycles. The quantitative estimate of drug-likeness (QED) is 0.502. The number of hydrogen-bond acceptors (Lipinski definition) is 3. The molecule has 1 fully saturated rings. The van der Waals surface area contributed by atoms with Crippen molar-refractivity contribution in [3.8, 4) is 0 Å². The predicted molar refractivity (Wildman–Crippen MR) is 106 cm³/mol. The molecule has 0 spiro atoms. The monoisotopic (exact) mass is 411 g/mol. The largest absolute Gasteiger partial charge is 0.481 e. The van der Waals surface area contributed by atoms with Gasteiger partial charge in [-0.25, -0.2) is 0 Å². The fraction of sp³-hybridized carbons (Fsp3) is 0.636. The van der Waals surface area contributed by atoms with Crippen LogP contribution in [0.2, 0.25) is 0 Å². The summed E-state index contributed by atoms with van der Waals surface area (Å²) in [7, 11) is 0. The summed E-state index contributed by atoms with van der Waals surface area (Å²) < 4.78 is 29.0. The number of carbonyl (C=O) groups is 2. The molecule has 0 saturated carbocycles. The zero-order chi connectivity index (χ0) is 21.3.